The molecule has 1 N–H and O–H groups in total. The molecule has 3 nitrogen and oxygen atoms in total. The number of hydrogen-bond acceptors (Lipinski definition) is 4. The fourth-order valence-corrected chi connectivity index (χ4v) is 2.92. The minimum absolute atomic E-state index is 0.536. The Balaban J connectivity index is 2.14. The van der Waals surface area contributed by atoms with Crippen LogP contribution >= 0.6 is 11.3 Å². The Morgan fingerprint density at radius 2 is 2.00 bits per heavy atom. The summed E-state index contributed by atoms with van der Waals surface area (Å²) in [7, 11) is 0. The maximum atomic E-state index is 9.53. The highest BCUT2D eigenvalue weighted by molar-refractivity contribution is 7.13. The summed E-state index contributed by atoms with van der Waals surface area (Å²) in [6.07, 6.45) is -0.536. The quantitative estimate of drug-likeness (QED) is 0.772. The van der Waals surface area contributed by atoms with Crippen LogP contribution in [-0.2, 0) is 0 Å². The maximum Gasteiger partial charge on any atom is 0.142 e. The van der Waals surface area contributed by atoms with Crippen molar-refractivity contribution >= 4 is 22.2 Å². The number of hydrogen-bond donors (Lipinski definition) is 1. The van der Waals surface area contributed by atoms with E-state index in [0.29, 0.717) is 5.69 Å². The Morgan fingerprint density at radius 1 is 1.21 bits per heavy atom. The fraction of sp³-hybridized carbons (Fsp3) is 0.200. The van der Waals surface area contributed by atoms with E-state index in [1.807, 2.05) is 29.6 Å². The summed E-state index contributed by atoms with van der Waals surface area (Å²) in [6.45, 7) is 3.80. The summed E-state index contributed by atoms with van der Waals surface area (Å²) in [5.41, 5.74) is 3.74. The molecule has 0 aliphatic heterocycles. The van der Waals surface area contributed by atoms with Gasteiger partial charge in [0.1, 0.15) is 5.01 Å². The van der Waals surface area contributed by atoms with E-state index in [2.05, 4.69) is 23.0 Å². The number of nitrogens with zero attached hydrogens (tertiary/aromatic N) is 2. The third-order valence-corrected chi connectivity index (χ3v) is 3.98. The maximum absolute atomic E-state index is 9.53. The zero-order chi connectivity index (χ0) is 13.4. The second-order valence-corrected chi connectivity index (χ2v) is 5.45. The molecule has 3 rings (SSSR count). The number of aromatic nitrogens is 2. The predicted octanol–water partition coefficient (Wildman–Crippen LogP) is 3.72. The first-order valence-electron chi connectivity index (χ1n) is 6.15. The summed E-state index contributed by atoms with van der Waals surface area (Å²) in [6, 6.07) is 10.1. The number of para-hydroxylation sites is 1. The van der Waals surface area contributed by atoms with Gasteiger partial charge in [0.05, 0.1) is 23.0 Å². The van der Waals surface area contributed by atoms with E-state index in [1.165, 1.54) is 22.3 Å². The van der Waals surface area contributed by atoms with Crippen LogP contribution in [0.25, 0.3) is 21.6 Å². The molecule has 1 unspecified atom stereocenters. The number of aliphatic hydroxyl groups excluding tert-OH is 1. The molecule has 0 radical (unpaired) electrons. The molecule has 0 aliphatic rings. The zero-order valence-electron chi connectivity index (χ0n) is 10.8. The van der Waals surface area contributed by atoms with Gasteiger partial charge in [-0.3, -0.25) is 0 Å². The standard InChI is InChI=1S/C15H14N2OS/c1-9-7-13(15-17-14(8-19-15)10(2)18)16-12-6-4-3-5-11(9)12/h3-8,10,18H,1-2H3. The predicted molar refractivity (Wildman–Crippen MR) is 78.2 cm³/mol. The highest BCUT2D eigenvalue weighted by Crippen LogP contribution is 2.28. The van der Waals surface area contributed by atoms with Crippen LogP contribution in [0.2, 0.25) is 0 Å². The molecule has 0 fully saturated rings. The van der Waals surface area contributed by atoms with Crippen molar-refractivity contribution < 1.29 is 5.11 Å². The Morgan fingerprint density at radius 3 is 2.74 bits per heavy atom. The minimum Gasteiger partial charge on any atom is -0.387 e. The van der Waals surface area contributed by atoms with E-state index in [0.717, 1.165) is 16.2 Å². The van der Waals surface area contributed by atoms with E-state index < -0.39 is 6.10 Å². The minimum atomic E-state index is -0.536. The third kappa shape index (κ3) is 2.25. The first-order chi connectivity index (χ1) is 9.15. The van der Waals surface area contributed by atoms with Crippen LogP contribution in [-0.4, -0.2) is 15.1 Å². The van der Waals surface area contributed by atoms with Gasteiger partial charge in [0.2, 0.25) is 0 Å². The average Bonchev–Trinajstić information content (AvgIpc) is 2.88. The van der Waals surface area contributed by atoms with Crippen molar-refractivity contribution in [1.29, 1.82) is 0 Å². The van der Waals surface area contributed by atoms with Crippen LogP contribution in [0, 0.1) is 6.92 Å². The van der Waals surface area contributed by atoms with Crippen molar-refractivity contribution in [3.8, 4) is 10.7 Å². The normalized spacial score (nSPS) is 12.8. The van der Waals surface area contributed by atoms with Crippen molar-refractivity contribution in [3.63, 3.8) is 0 Å². The lowest BCUT2D eigenvalue weighted by Crippen LogP contribution is -1.92. The SMILES string of the molecule is Cc1cc(-c2nc(C(C)O)cs2)nc2ccccc12. The number of aryl methyl sites for hydroxylation is 1. The molecular weight excluding hydrogens is 256 g/mol. The van der Waals surface area contributed by atoms with Crippen molar-refractivity contribution in [2.75, 3.05) is 0 Å². The second kappa shape index (κ2) is 4.72. The second-order valence-electron chi connectivity index (χ2n) is 4.60. The van der Waals surface area contributed by atoms with E-state index in [9.17, 15) is 5.11 Å². The molecule has 2 heterocycles. The van der Waals surface area contributed by atoms with Gasteiger partial charge >= 0.3 is 0 Å². The molecule has 96 valence electrons. The largest absolute Gasteiger partial charge is 0.387 e. The highest BCUT2D eigenvalue weighted by Gasteiger charge is 2.11. The molecule has 0 saturated heterocycles. The Bertz CT molecular complexity index is 734. The third-order valence-electron chi connectivity index (χ3n) is 3.09. The van der Waals surface area contributed by atoms with Crippen molar-refractivity contribution in [1.82, 2.24) is 9.97 Å². The van der Waals surface area contributed by atoms with Crippen molar-refractivity contribution in [2.45, 2.75) is 20.0 Å². The lowest BCUT2D eigenvalue weighted by molar-refractivity contribution is 0.195. The van der Waals surface area contributed by atoms with E-state index >= 15 is 0 Å². The van der Waals surface area contributed by atoms with Gasteiger partial charge in [0.25, 0.3) is 0 Å². The van der Waals surface area contributed by atoms with Gasteiger partial charge in [-0.15, -0.1) is 11.3 Å². The lowest BCUT2D eigenvalue weighted by atomic mass is 10.1. The van der Waals surface area contributed by atoms with Crippen molar-refractivity contribution in [3.05, 3.63) is 47.0 Å². The summed E-state index contributed by atoms with van der Waals surface area (Å²) < 4.78 is 0. The Kier molecular flexibility index (Phi) is 3.05. The molecule has 19 heavy (non-hydrogen) atoms. The zero-order valence-corrected chi connectivity index (χ0v) is 11.6. The van der Waals surface area contributed by atoms with Gasteiger partial charge in [-0.2, -0.15) is 0 Å². The van der Waals surface area contributed by atoms with E-state index in [4.69, 9.17) is 0 Å². The number of pyridine rings is 1. The van der Waals surface area contributed by atoms with Crippen LogP contribution in [0.1, 0.15) is 24.3 Å². The summed E-state index contributed by atoms with van der Waals surface area (Å²) in [4.78, 5) is 9.08. The number of benzene rings is 1. The molecule has 4 heteroatoms. The van der Waals surface area contributed by atoms with Crippen LogP contribution in [0.5, 0.6) is 0 Å². The van der Waals surface area contributed by atoms with Crippen LogP contribution in [0.15, 0.2) is 35.7 Å². The Hall–Kier alpha value is -1.78. The topological polar surface area (TPSA) is 46.0 Å². The van der Waals surface area contributed by atoms with Crippen LogP contribution in [0.3, 0.4) is 0 Å². The molecule has 2 aromatic heterocycles. The molecular formula is C15H14N2OS. The molecule has 1 atom stereocenters. The van der Waals surface area contributed by atoms with Gasteiger partial charge in [-0.1, -0.05) is 18.2 Å². The summed E-state index contributed by atoms with van der Waals surface area (Å²) in [5, 5.41) is 13.4. The number of rotatable bonds is 2. The molecule has 3 aromatic rings. The van der Waals surface area contributed by atoms with Crippen LogP contribution in [0.4, 0.5) is 0 Å². The van der Waals surface area contributed by atoms with Gasteiger partial charge < -0.3 is 5.11 Å². The molecule has 1 aromatic carbocycles. The smallest absolute Gasteiger partial charge is 0.142 e. The number of thiazole rings is 1. The number of fused-ring (bicyclic) bond motifs is 1. The average molecular weight is 270 g/mol. The van der Waals surface area contributed by atoms with Gasteiger partial charge in [-0.25, -0.2) is 9.97 Å². The first kappa shape index (κ1) is 12.3. The van der Waals surface area contributed by atoms with E-state index in [-0.39, 0.29) is 0 Å². The monoisotopic (exact) mass is 270 g/mol. The first-order valence-corrected chi connectivity index (χ1v) is 7.03. The Labute approximate surface area is 115 Å². The molecule has 0 aliphatic carbocycles. The van der Waals surface area contributed by atoms with E-state index in [1.54, 1.807) is 6.92 Å². The van der Waals surface area contributed by atoms with Gasteiger partial charge in [0, 0.05) is 10.8 Å². The van der Waals surface area contributed by atoms with Gasteiger partial charge in [-0.05, 0) is 31.5 Å². The lowest BCUT2D eigenvalue weighted by Gasteiger charge is -2.04. The summed E-state index contributed by atoms with van der Waals surface area (Å²) >= 11 is 1.51. The fourth-order valence-electron chi connectivity index (χ4n) is 2.05. The molecule has 0 amide bonds. The van der Waals surface area contributed by atoms with Crippen LogP contribution < -0.4 is 0 Å². The molecule has 0 saturated carbocycles. The highest BCUT2D eigenvalue weighted by atomic mass is 32.1. The van der Waals surface area contributed by atoms with Crippen molar-refractivity contribution in [2.24, 2.45) is 0 Å². The molecule has 0 spiro atoms. The summed E-state index contributed by atoms with van der Waals surface area (Å²) in [5.74, 6) is 0. The van der Waals surface area contributed by atoms with Gasteiger partial charge in [0.15, 0.2) is 0 Å². The molecule has 0 bridgehead atoms. The number of aliphatic hydroxyl groups is 1.